The molecule has 0 atom stereocenters. The molecule has 0 aliphatic rings. The predicted octanol–water partition coefficient (Wildman–Crippen LogP) is 2.27. The van der Waals surface area contributed by atoms with E-state index in [1.54, 1.807) is 12.1 Å². The van der Waals surface area contributed by atoms with Gasteiger partial charge in [0.2, 0.25) is 0 Å². The Balaban J connectivity index is 2.81. The maximum Gasteiger partial charge on any atom is 0.336 e. The molecule has 0 saturated heterocycles. The average Bonchev–Trinajstić information content (AvgIpc) is 2.14. The molecule has 0 fully saturated rings. The van der Waals surface area contributed by atoms with Crippen LogP contribution in [0.4, 0.5) is 0 Å². The summed E-state index contributed by atoms with van der Waals surface area (Å²) in [5.41, 5.74) is 1.18. The first-order valence-corrected chi connectivity index (χ1v) is 4.96. The Bertz CT molecular complexity index is 353. The SMILES string of the molecule is CC(C)(C)NCc1ccccc1C(=O)O. The molecular formula is C12H17NO2. The van der Waals surface area contributed by atoms with Gasteiger partial charge in [0.1, 0.15) is 0 Å². The minimum absolute atomic E-state index is 0.00832. The molecule has 15 heavy (non-hydrogen) atoms. The van der Waals surface area contributed by atoms with Crippen LogP contribution in [0.1, 0.15) is 36.7 Å². The van der Waals surface area contributed by atoms with Crippen LogP contribution in [0.25, 0.3) is 0 Å². The van der Waals surface area contributed by atoms with Gasteiger partial charge in [-0.2, -0.15) is 0 Å². The molecule has 1 aromatic rings. The summed E-state index contributed by atoms with van der Waals surface area (Å²) in [5, 5.41) is 12.2. The minimum atomic E-state index is -0.874. The van der Waals surface area contributed by atoms with Crippen molar-refractivity contribution < 1.29 is 9.90 Å². The third-order valence-corrected chi connectivity index (χ3v) is 2.06. The Kier molecular flexibility index (Phi) is 3.48. The molecule has 0 saturated carbocycles. The number of carboxylic acid groups (broad SMARTS) is 1. The third kappa shape index (κ3) is 3.72. The second-order valence-corrected chi connectivity index (χ2v) is 4.57. The van der Waals surface area contributed by atoms with Crippen LogP contribution in [0, 0.1) is 0 Å². The largest absolute Gasteiger partial charge is 0.478 e. The molecule has 0 aliphatic heterocycles. The van der Waals surface area contributed by atoms with Crippen molar-refractivity contribution >= 4 is 5.97 Å². The molecule has 0 aliphatic carbocycles. The van der Waals surface area contributed by atoms with Crippen molar-refractivity contribution in [3.63, 3.8) is 0 Å². The number of carboxylic acids is 1. The van der Waals surface area contributed by atoms with Crippen molar-refractivity contribution in [1.29, 1.82) is 0 Å². The molecule has 3 nitrogen and oxygen atoms in total. The smallest absolute Gasteiger partial charge is 0.336 e. The Morgan fingerprint density at radius 1 is 1.33 bits per heavy atom. The van der Waals surface area contributed by atoms with E-state index in [1.165, 1.54) is 0 Å². The standard InChI is InChI=1S/C12H17NO2/c1-12(2,3)13-8-9-6-4-5-7-10(9)11(14)15/h4-7,13H,8H2,1-3H3,(H,14,15). The predicted molar refractivity (Wildman–Crippen MR) is 60.0 cm³/mol. The van der Waals surface area contributed by atoms with Crippen LogP contribution in [-0.4, -0.2) is 16.6 Å². The number of benzene rings is 1. The molecule has 1 rings (SSSR count). The van der Waals surface area contributed by atoms with Crippen LogP contribution in [0.3, 0.4) is 0 Å². The average molecular weight is 207 g/mol. The minimum Gasteiger partial charge on any atom is -0.478 e. The molecule has 0 heterocycles. The van der Waals surface area contributed by atoms with Crippen molar-refractivity contribution in [2.75, 3.05) is 0 Å². The topological polar surface area (TPSA) is 49.3 Å². The fourth-order valence-corrected chi connectivity index (χ4v) is 1.24. The number of rotatable bonds is 3. The highest BCUT2D eigenvalue weighted by Crippen LogP contribution is 2.10. The second kappa shape index (κ2) is 4.45. The summed E-state index contributed by atoms with van der Waals surface area (Å²) in [6, 6.07) is 7.06. The molecule has 2 N–H and O–H groups in total. The summed E-state index contributed by atoms with van der Waals surface area (Å²) in [7, 11) is 0. The highest BCUT2D eigenvalue weighted by Gasteiger charge is 2.12. The van der Waals surface area contributed by atoms with Crippen molar-refractivity contribution in [3.05, 3.63) is 35.4 Å². The molecule has 82 valence electrons. The van der Waals surface area contributed by atoms with Gasteiger partial charge in [0.25, 0.3) is 0 Å². The Morgan fingerprint density at radius 2 is 1.93 bits per heavy atom. The quantitative estimate of drug-likeness (QED) is 0.799. The van der Waals surface area contributed by atoms with E-state index in [1.807, 2.05) is 12.1 Å². The summed E-state index contributed by atoms with van der Waals surface area (Å²) < 4.78 is 0. The van der Waals surface area contributed by atoms with Gasteiger partial charge in [0, 0.05) is 12.1 Å². The van der Waals surface area contributed by atoms with Crippen molar-refractivity contribution in [2.24, 2.45) is 0 Å². The first kappa shape index (κ1) is 11.7. The molecular weight excluding hydrogens is 190 g/mol. The number of nitrogens with one attached hydrogen (secondary N) is 1. The Labute approximate surface area is 90.1 Å². The lowest BCUT2D eigenvalue weighted by molar-refractivity contribution is 0.0695. The molecule has 0 bridgehead atoms. The van der Waals surface area contributed by atoms with Crippen LogP contribution in [0.15, 0.2) is 24.3 Å². The first-order valence-electron chi connectivity index (χ1n) is 4.96. The monoisotopic (exact) mass is 207 g/mol. The van der Waals surface area contributed by atoms with E-state index in [0.717, 1.165) is 5.56 Å². The highest BCUT2D eigenvalue weighted by atomic mass is 16.4. The zero-order chi connectivity index (χ0) is 11.5. The number of aromatic carboxylic acids is 1. The van der Waals surface area contributed by atoms with E-state index in [9.17, 15) is 4.79 Å². The molecule has 0 spiro atoms. The summed E-state index contributed by atoms with van der Waals surface area (Å²) in [6.07, 6.45) is 0. The number of hydrogen-bond donors (Lipinski definition) is 2. The maximum atomic E-state index is 10.9. The van der Waals surface area contributed by atoms with E-state index in [4.69, 9.17) is 5.11 Å². The van der Waals surface area contributed by atoms with Gasteiger partial charge in [0.05, 0.1) is 5.56 Å². The van der Waals surface area contributed by atoms with Crippen molar-refractivity contribution in [2.45, 2.75) is 32.9 Å². The molecule has 0 aromatic heterocycles. The lowest BCUT2D eigenvalue weighted by atomic mass is 10.0. The molecule has 0 unspecified atom stereocenters. The summed E-state index contributed by atoms with van der Waals surface area (Å²) in [4.78, 5) is 10.9. The summed E-state index contributed by atoms with van der Waals surface area (Å²) in [5.74, 6) is -0.874. The van der Waals surface area contributed by atoms with E-state index in [2.05, 4.69) is 26.1 Å². The van der Waals surface area contributed by atoms with E-state index in [-0.39, 0.29) is 5.54 Å². The zero-order valence-electron chi connectivity index (χ0n) is 9.37. The summed E-state index contributed by atoms with van der Waals surface area (Å²) in [6.45, 7) is 6.73. The van der Waals surface area contributed by atoms with Crippen LogP contribution in [-0.2, 0) is 6.54 Å². The normalized spacial score (nSPS) is 11.4. The van der Waals surface area contributed by atoms with Gasteiger partial charge in [-0.25, -0.2) is 4.79 Å². The van der Waals surface area contributed by atoms with Crippen LogP contribution in [0.2, 0.25) is 0 Å². The van der Waals surface area contributed by atoms with Gasteiger partial charge in [-0.05, 0) is 32.4 Å². The van der Waals surface area contributed by atoms with E-state index in [0.29, 0.717) is 12.1 Å². The van der Waals surface area contributed by atoms with E-state index < -0.39 is 5.97 Å². The fraction of sp³-hybridized carbons (Fsp3) is 0.417. The van der Waals surface area contributed by atoms with Gasteiger partial charge < -0.3 is 10.4 Å². The Hall–Kier alpha value is -1.35. The van der Waals surface area contributed by atoms with Gasteiger partial charge in [-0.1, -0.05) is 18.2 Å². The lowest BCUT2D eigenvalue weighted by Gasteiger charge is -2.21. The molecule has 3 heteroatoms. The number of hydrogen-bond acceptors (Lipinski definition) is 2. The van der Waals surface area contributed by atoms with Crippen LogP contribution in [0.5, 0.6) is 0 Å². The van der Waals surface area contributed by atoms with E-state index >= 15 is 0 Å². The van der Waals surface area contributed by atoms with Crippen LogP contribution >= 0.6 is 0 Å². The highest BCUT2D eigenvalue weighted by molar-refractivity contribution is 5.89. The van der Waals surface area contributed by atoms with Crippen molar-refractivity contribution in [1.82, 2.24) is 5.32 Å². The van der Waals surface area contributed by atoms with Gasteiger partial charge in [0.15, 0.2) is 0 Å². The van der Waals surface area contributed by atoms with Gasteiger partial charge in [-0.3, -0.25) is 0 Å². The third-order valence-electron chi connectivity index (χ3n) is 2.06. The molecule has 1 aromatic carbocycles. The summed E-state index contributed by atoms with van der Waals surface area (Å²) >= 11 is 0. The van der Waals surface area contributed by atoms with Crippen molar-refractivity contribution in [3.8, 4) is 0 Å². The maximum absolute atomic E-state index is 10.9. The lowest BCUT2D eigenvalue weighted by Crippen LogP contribution is -2.35. The van der Waals surface area contributed by atoms with Gasteiger partial charge in [-0.15, -0.1) is 0 Å². The van der Waals surface area contributed by atoms with Gasteiger partial charge >= 0.3 is 5.97 Å². The zero-order valence-corrected chi connectivity index (χ0v) is 9.37. The first-order chi connectivity index (χ1) is 6.90. The fourth-order valence-electron chi connectivity index (χ4n) is 1.24. The van der Waals surface area contributed by atoms with Crippen LogP contribution < -0.4 is 5.32 Å². The second-order valence-electron chi connectivity index (χ2n) is 4.57. The Morgan fingerprint density at radius 3 is 2.47 bits per heavy atom. The molecule has 0 amide bonds. The number of carbonyl (C=O) groups is 1. The molecule has 0 radical (unpaired) electrons.